The Balaban J connectivity index is 2.18. The molecule has 7 nitrogen and oxygen atoms in total. The molecule has 25 heavy (non-hydrogen) atoms. The van der Waals surface area contributed by atoms with Crippen molar-refractivity contribution >= 4 is 49.8 Å². The van der Waals surface area contributed by atoms with E-state index in [4.69, 9.17) is 0 Å². The van der Waals surface area contributed by atoms with Crippen molar-refractivity contribution < 1.29 is 22.0 Å². The monoisotopic (exact) mass is 408 g/mol. The summed E-state index contributed by atoms with van der Waals surface area (Å²) in [5.41, 5.74) is -0.418. The number of hydrogen-bond donors (Lipinski definition) is 1. The number of hydrogen-bond acceptors (Lipinski definition) is 7. The van der Waals surface area contributed by atoms with Crippen molar-refractivity contribution in [3.63, 3.8) is 0 Å². The smallest absolute Gasteiger partial charge is 0.246 e. The zero-order valence-electron chi connectivity index (χ0n) is 13.2. The van der Waals surface area contributed by atoms with Crippen LogP contribution in [0.4, 0.5) is 19.6 Å². The van der Waals surface area contributed by atoms with Gasteiger partial charge in [-0.25, -0.2) is 17.2 Å². The maximum atomic E-state index is 13.9. The third-order valence-corrected chi connectivity index (χ3v) is 5.77. The third kappa shape index (κ3) is 5.34. The molecular formula is C13H14F2N4O3S3. The number of benzene rings is 1. The molecule has 0 radical (unpaired) electrons. The van der Waals surface area contributed by atoms with Crippen molar-refractivity contribution in [2.45, 2.75) is 11.3 Å². The highest BCUT2D eigenvalue weighted by atomic mass is 32.2. The van der Waals surface area contributed by atoms with Gasteiger partial charge >= 0.3 is 0 Å². The van der Waals surface area contributed by atoms with Gasteiger partial charge in [0.2, 0.25) is 21.1 Å². The van der Waals surface area contributed by atoms with E-state index in [-0.39, 0.29) is 5.13 Å². The first kappa shape index (κ1) is 19.5. The molecule has 2 rings (SSSR count). The number of amides is 1. The van der Waals surface area contributed by atoms with Gasteiger partial charge in [0, 0.05) is 6.07 Å². The molecule has 1 aromatic heterocycles. The van der Waals surface area contributed by atoms with Crippen LogP contribution in [-0.2, 0) is 14.8 Å². The van der Waals surface area contributed by atoms with Crippen LogP contribution in [0.2, 0.25) is 0 Å². The van der Waals surface area contributed by atoms with Crippen molar-refractivity contribution in [1.82, 2.24) is 10.2 Å². The molecule has 0 aliphatic rings. The molecule has 0 atom stereocenters. The van der Waals surface area contributed by atoms with Gasteiger partial charge in [0.1, 0.15) is 18.2 Å². The molecule has 1 N–H and O–H groups in total. The summed E-state index contributed by atoms with van der Waals surface area (Å²) < 4.78 is 51.9. The van der Waals surface area contributed by atoms with Gasteiger partial charge in [0.15, 0.2) is 4.34 Å². The minimum Gasteiger partial charge on any atom is -0.299 e. The first-order valence-corrected chi connectivity index (χ1v) is 10.5. The van der Waals surface area contributed by atoms with Gasteiger partial charge in [-0.3, -0.25) is 14.4 Å². The molecule has 2 aromatic rings. The molecule has 0 saturated heterocycles. The van der Waals surface area contributed by atoms with Crippen LogP contribution in [0.15, 0.2) is 22.5 Å². The summed E-state index contributed by atoms with van der Waals surface area (Å²) >= 11 is 2.58. The van der Waals surface area contributed by atoms with Crippen LogP contribution in [0.5, 0.6) is 0 Å². The minimum atomic E-state index is -3.97. The summed E-state index contributed by atoms with van der Waals surface area (Å²) in [5.74, 6) is -1.88. The molecule has 1 heterocycles. The number of nitrogens with zero attached hydrogens (tertiary/aromatic N) is 3. The topological polar surface area (TPSA) is 92.3 Å². The number of nitrogens with one attached hydrogen (secondary N) is 1. The maximum Gasteiger partial charge on any atom is 0.246 e. The number of carbonyl (C=O) groups is 1. The van der Waals surface area contributed by atoms with E-state index in [0.29, 0.717) is 14.7 Å². The minimum absolute atomic E-state index is 0.203. The second-order valence-corrected chi connectivity index (χ2v) is 9.12. The lowest BCUT2D eigenvalue weighted by molar-refractivity contribution is -0.114. The molecule has 0 bridgehead atoms. The molecule has 0 unspecified atom stereocenters. The van der Waals surface area contributed by atoms with Gasteiger partial charge in [-0.15, -0.1) is 10.2 Å². The zero-order chi connectivity index (χ0) is 18.6. The van der Waals surface area contributed by atoms with Crippen LogP contribution in [0, 0.1) is 11.6 Å². The van der Waals surface area contributed by atoms with Gasteiger partial charge in [0.25, 0.3) is 0 Å². The van der Waals surface area contributed by atoms with Gasteiger partial charge in [-0.2, -0.15) is 0 Å². The van der Waals surface area contributed by atoms with Crippen LogP contribution in [0.3, 0.4) is 0 Å². The predicted molar refractivity (Wildman–Crippen MR) is 93.5 cm³/mol. The zero-order valence-corrected chi connectivity index (χ0v) is 15.6. The molecule has 1 aromatic carbocycles. The average molecular weight is 408 g/mol. The number of carbonyl (C=O) groups excluding carboxylic acids is 1. The van der Waals surface area contributed by atoms with Crippen molar-refractivity contribution in [2.24, 2.45) is 0 Å². The fourth-order valence-electron chi connectivity index (χ4n) is 1.80. The lowest BCUT2D eigenvalue weighted by Crippen LogP contribution is -2.38. The van der Waals surface area contributed by atoms with Crippen LogP contribution >= 0.6 is 23.1 Å². The van der Waals surface area contributed by atoms with Gasteiger partial charge in [-0.1, -0.05) is 30.0 Å². The van der Waals surface area contributed by atoms with Gasteiger partial charge in [-0.05, 0) is 17.9 Å². The van der Waals surface area contributed by atoms with Crippen molar-refractivity contribution in [3.8, 4) is 0 Å². The Morgan fingerprint density at radius 3 is 2.68 bits per heavy atom. The summed E-state index contributed by atoms with van der Waals surface area (Å²) in [6.07, 6.45) is 0.823. The van der Waals surface area contributed by atoms with E-state index in [1.807, 2.05) is 6.92 Å². The molecule has 12 heteroatoms. The van der Waals surface area contributed by atoms with Gasteiger partial charge in [0.05, 0.1) is 11.9 Å². The Morgan fingerprint density at radius 2 is 2.08 bits per heavy atom. The van der Waals surface area contributed by atoms with E-state index in [1.165, 1.54) is 11.8 Å². The highest BCUT2D eigenvalue weighted by molar-refractivity contribution is 8.01. The molecular weight excluding hydrogens is 394 g/mol. The summed E-state index contributed by atoms with van der Waals surface area (Å²) in [5, 5.41) is 10.2. The Morgan fingerprint density at radius 1 is 1.36 bits per heavy atom. The highest BCUT2D eigenvalue weighted by Crippen LogP contribution is 2.26. The lowest BCUT2D eigenvalue weighted by Gasteiger charge is -2.22. The number of halogens is 2. The van der Waals surface area contributed by atoms with Crippen LogP contribution in [0.1, 0.15) is 6.92 Å². The van der Waals surface area contributed by atoms with Crippen LogP contribution in [-0.4, -0.2) is 43.1 Å². The quantitative estimate of drug-likeness (QED) is 0.558. The predicted octanol–water partition coefficient (Wildman–Crippen LogP) is 2.33. The standard InChI is InChI=1S/C13H14F2N4O3S3/c1-3-23-13-18-17-12(24-13)16-11(20)7-19(25(2,21)22)10-5-4-8(14)6-9(10)15/h4-6H,3,7H2,1-2H3,(H,16,17,20). The van der Waals surface area contributed by atoms with E-state index in [1.54, 1.807) is 0 Å². The molecule has 0 aliphatic carbocycles. The summed E-state index contributed by atoms with van der Waals surface area (Å²) in [7, 11) is -3.97. The van der Waals surface area contributed by atoms with E-state index in [0.717, 1.165) is 35.5 Å². The van der Waals surface area contributed by atoms with Crippen LogP contribution in [0.25, 0.3) is 0 Å². The van der Waals surface area contributed by atoms with Crippen molar-refractivity contribution in [3.05, 3.63) is 29.8 Å². The Labute approximate surface area is 151 Å². The maximum absolute atomic E-state index is 13.9. The molecule has 0 aliphatic heterocycles. The second kappa shape index (κ2) is 8.06. The van der Waals surface area contributed by atoms with E-state index < -0.39 is 39.8 Å². The second-order valence-electron chi connectivity index (χ2n) is 4.72. The molecule has 0 fully saturated rings. The fraction of sp³-hybridized carbons (Fsp3) is 0.308. The summed E-state index contributed by atoms with van der Waals surface area (Å²) in [6, 6.07) is 2.41. The Hall–Kier alpha value is -1.79. The molecule has 136 valence electrons. The third-order valence-electron chi connectivity index (χ3n) is 2.79. The van der Waals surface area contributed by atoms with Crippen molar-refractivity contribution in [2.75, 3.05) is 28.2 Å². The lowest BCUT2D eigenvalue weighted by atomic mass is 10.3. The van der Waals surface area contributed by atoms with E-state index in [9.17, 15) is 22.0 Å². The van der Waals surface area contributed by atoms with E-state index >= 15 is 0 Å². The molecule has 0 spiro atoms. The van der Waals surface area contributed by atoms with E-state index in [2.05, 4.69) is 15.5 Å². The molecule has 1 amide bonds. The number of aromatic nitrogens is 2. The fourth-order valence-corrected chi connectivity index (χ4v) is 4.32. The summed E-state index contributed by atoms with van der Waals surface area (Å²) in [6.45, 7) is 1.25. The normalized spacial score (nSPS) is 11.4. The number of thioether (sulfide) groups is 1. The number of sulfonamides is 1. The Kier molecular flexibility index (Phi) is 6.30. The van der Waals surface area contributed by atoms with Crippen molar-refractivity contribution in [1.29, 1.82) is 0 Å². The SMILES string of the molecule is CCSc1nnc(NC(=O)CN(c2ccc(F)cc2F)S(C)(=O)=O)s1. The highest BCUT2D eigenvalue weighted by Gasteiger charge is 2.24. The van der Waals surface area contributed by atoms with Gasteiger partial charge < -0.3 is 0 Å². The largest absolute Gasteiger partial charge is 0.299 e. The average Bonchev–Trinajstić information content (AvgIpc) is 2.92. The Bertz CT molecular complexity index is 873. The summed E-state index contributed by atoms with van der Waals surface area (Å²) in [4.78, 5) is 12.1. The first-order chi connectivity index (χ1) is 11.7. The number of anilines is 2. The first-order valence-electron chi connectivity index (χ1n) is 6.89. The number of rotatable bonds is 7. The van der Waals surface area contributed by atoms with Crippen LogP contribution < -0.4 is 9.62 Å². The molecule has 0 saturated carbocycles.